The molecule has 1 aliphatic carbocycles. The smallest absolute Gasteiger partial charge is 0.317 e. The topological polar surface area (TPSA) is 61.8 Å². The predicted molar refractivity (Wildman–Crippen MR) is 91.4 cm³/mol. The number of hydrogen-bond donors (Lipinski definition) is 2. The second-order valence-electron chi connectivity index (χ2n) is 8.10. The summed E-state index contributed by atoms with van der Waals surface area (Å²) in [5.41, 5.74) is -0.102. The Morgan fingerprint density at radius 3 is 2.57 bits per heavy atom. The van der Waals surface area contributed by atoms with Crippen molar-refractivity contribution < 1.29 is 14.6 Å². The lowest BCUT2D eigenvalue weighted by atomic mass is 9.87. The number of aliphatic hydroxyl groups is 1. The summed E-state index contributed by atoms with van der Waals surface area (Å²) in [6.45, 7) is 8.09. The van der Waals surface area contributed by atoms with Gasteiger partial charge >= 0.3 is 6.03 Å². The van der Waals surface area contributed by atoms with Crippen LogP contribution in [-0.2, 0) is 4.74 Å². The molecule has 0 bridgehead atoms. The van der Waals surface area contributed by atoms with E-state index < -0.39 is 0 Å². The number of carbonyl (C=O) groups is 1. The first-order valence-corrected chi connectivity index (χ1v) is 9.21. The van der Waals surface area contributed by atoms with Crippen molar-refractivity contribution in [3.63, 3.8) is 0 Å². The minimum absolute atomic E-state index is 0.0334. The fourth-order valence-electron chi connectivity index (χ4n) is 3.91. The maximum absolute atomic E-state index is 12.7. The van der Waals surface area contributed by atoms with Crippen molar-refractivity contribution in [2.45, 2.75) is 84.0 Å². The first kappa shape index (κ1) is 18.5. The molecule has 1 aliphatic heterocycles. The largest absolute Gasteiger partial charge is 0.393 e. The second kappa shape index (κ2) is 8.34. The van der Waals surface area contributed by atoms with Gasteiger partial charge in [-0.25, -0.2) is 4.79 Å². The van der Waals surface area contributed by atoms with Crippen LogP contribution in [0, 0.1) is 5.41 Å². The van der Waals surface area contributed by atoms with Gasteiger partial charge in [0.05, 0.1) is 12.2 Å². The third kappa shape index (κ3) is 5.96. The van der Waals surface area contributed by atoms with Crippen LogP contribution in [0.4, 0.5) is 4.79 Å². The average Bonchev–Trinajstić information content (AvgIpc) is 3.13. The zero-order valence-corrected chi connectivity index (χ0v) is 15.0. The van der Waals surface area contributed by atoms with Crippen molar-refractivity contribution >= 4 is 6.03 Å². The Kier molecular flexibility index (Phi) is 6.72. The van der Waals surface area contributed by atoms with Crippen molar-refractivity contribution in [2.24, 2.45) is 5.41 Å². The van der Waals surface area contributed by atoms with Gasteiger partial charge in [-0.2, -0.15) is 0 Å². The van der Waals surface area contributed by atoms with Gasteiger partial charge in [-0.05, 0) is 44.4 Å². The van der Waals surface area contributed by atoms with E-state index in [4.69, 9.17) is 4.74 Å². The fraction of sp³-hybridized carbons (Fsp3) is 0.944. The van der Waals surface area contributed by atoms with Gasteiger partial charge in [0.1, 0.15) is 0 Å². The number of carbonyl (C=O) groups excluding carboxylic acids is 1. The summed E-state index contributed by atoms with van der Waals surface area (Å²) in [4.78, 5) is 14.8. The summed E-state index contributed by atoms with van der Waals surface area (Å²) in [7, 11) is 0. The van der Waals surface area contributed by atoms with E-state index in [0.717, 1.165) is 32.3 Å². The van der Waals surface area contributed by atoms with Gasteiger partial charge in [-0.3, -0.25) is 0 Å². The van der Waals surface area contributed by atoms with Crippen LogP contribution < -0.4 is 5.32 Å². The van der Waals surface area contributed by atoms with Gasteiger partial charge in [-0.15, -0.1) is 0 Å². The molecule has 2 N–H and O–H groups in total. The summed E-state index contributed by atoms with van der Waals surface area (Å²) >= 11 is 0. The molecule has 1 saturated carbocycles. The van der Waals surface area contributed by atoms with E-state index in [0.29, 0.717) is 25.6 Å². The molecule has 2 unspecified atom stereocenters. The number of aliphatic hydroxyl groups excluding tert-OH is 1. The van der Waals surface area contributed by atoms with Crippen LogP contribution in [0.1, 0.15) is 65.7 Å². The highest BCUT2D eigenvalue weighted by Gasteiger charge is 2.31. The Hall–Kier alpha value is -0.810. The Labute approximate surface area is 140 Å². The number of nitrogens with one attached hydrogen (secondary N) is 1. The molecular weight excluding hydrogens is 292 g/mol. The van der Waals surface area contributed by atoms with Crippen LogP contribution in [0.25, 0.3) is 0 Å². The van der Waals surface area contributed by atoms with Gasteiger partial charge < -0.3 is 20.1 Å². The van der Waals surface area contributed by atoms with E-state index in [2.05, 4.69) is 19.2 Å². The van der Waals surface area contributed by atoms with Crippen molar-refractivity contribution in [3.8, 4) is 0 Å². The average molecular weight is 326 g/mol. The Morgan fingerprint density at radius 2 is 2.00 bits per heavy atom. The molecule has 5 heteroatoms. The summed E-state index contributed by atoms with van der Waals surface area (Å²) in [5, 5.41) is 12.7. The lowest BCUT2D eigenvalue weighted by Crippen LogP contribution is -2.50. The lowest BCUT2D eigenvalue weighted by Gasteiger charge is -2.33. The summed E-state index contributed by atoms with van der Waals surface area (Å²) in [6, 6.07) is 0.394. The summed E-state index contributed by atoms with van der Waals surface area (Å²) in [5.74, 6) is 0. The highest BCUT2D eigenvalue weighted by atomic mass is 16.5. The molecule has 2 atom stereocenters. The zero-order valence-electron chi connectivity index (χ0n) is 15.0. The number of amides is 2. The van der Waals surface area contributed by atoms with E-state index in [-0.39, 0.29) is 23.7 Å². The van der Waals surface area contributed by atoms with Crippen LogP contribution in [0.3, 0.4) is 0 Å². The third-order valence-corrected chi connectivity index (χ3v) is 5.02. The lowest BCUT2D eigenvalue weighted by molar-refractivity contribution is 0.0685. The highest BCUT2D eigenvalue weighted by Crippen LogP contribution is 2.26. The van der Waals surface area contributed by atoms with E-state index in [1.165, 1.54) is 12.8 Å². The van der Waals surface area contributed by atoms with Crippen LogP contribution in [0.2, 0.25) is 0 Å². The molecule has 2 amide bonds. The molecule has 2 fully saturated rings. The molecule has 134 valence electrons. The van der Waals surface area contributed by atoms with E-state index in [9.17, 15) is 9.90 Å². The van der Waals surface area contributed by atoms with Crippen molar-refractivity contribution in [1.29, 1.82) is 0 Å². The predicted octanol–water partition coefficient (Wildman–Crippen LogP) is 2.92. The first-order chi connectivity index (χ1) is 10.9. The molecule has 5 nitrogen and oxygen atoms in total. The maximum Gasteiger partial charge on any atom is 0.317 e. The molecule has 1 saturated heterocycles. The van der Waals surface area contributed by atoms with Crippen molar-refractivity contribution in [3.05, 3.63) is 0 Å². The summed E-state index contributed by atoms with van der Waals surface area (Å²) < 4.78 is 5.74. The number of rotatable bonds is 7. The molecule has 0 spiro atoms. The van der Waals surface area contributed by atoms with Crippen LogP contribution >= 0.6 is 0 Å². The molecule has 0 aromatic carbocycles. The Balaban J connectivity index is 1.90. The third-order valence-electron chi connectivity index (χ3n) is 5.02. The fourth-order valence-corrected chi connectivity index (χ4v) is 3.91. The monoisotopic (exact) mass is 326 g/mol. The molecule has 1 heterocycles. The minimum atomic E-state index is -0.347. The molecular formula is C18H34N2O3. The SMILES string of the molecule is CC(O)CC(C)(C)CNC(=O)N(CC1CCCO1)C1CCCC1. The number of ether oxygens (including phenoxy) is 1. The van der Waals surface area contributed by atoms with Crippen molar-refractivity contribution in [2.75, 3.05) is 19.7 Å². The minimum Gasteiger partial charge on any atom is -0.393 e. The van der Waals surface area contributed by atoms with Crippen LogP contribution in [-0.4, -0.2) is 54.0 Å². The van der Waals surface area contributed by atoms with Crippen LogP contribution in [0.5, 0.6) is 0 Å². The molecule has 2 aliphatic rings. The van der Waals surface area contributed by atoms with E-state index in [1.807, 2.05) is 4.90 Å². The van der Waals surface area contributed by atoms with E-state index in [1.54, 1.807) is 6.92 Å². The molecule has 0 radical (unpaired) electrons. The van der Waals surface area contributed by atoms with Crippen molar-refractivity contribution in [1.82, 2.24) is 10.2 Å². The van der Waals surface area contributed by atoms with Gasteiger partial charge in [0.25, 0.3) is 0 Å². The summed E-state index contributed by atoms with van der Waals surface area (Å²) in [6.07, 6.45) is 7.35. The molecule has 23 heavy (non-hydrogen) atoms. The quantitative estimate of drug-likeness (QED) is 0.756. The van der Waals surface area contributed by atoms with Gasteiger partial charge in [-0.1, -0.05) is 26.7 Å². The number of urea groups is 1. The highest BCUT2D eigenvalue weighted by molar-refractivity contribution is 5.74. The Morgan fingerprint density at radius 1 is 1.30 bits per heavy atom. The van der Waals surface area contributed by atoms with Gasteiger partial charge in [0, 0.05) is 25.7 Å². The van der Waals surface area contributed by atoms with Crippen LogP contribution in [0.15, 0.2) is 0 Å². The van der Waals surface area contributed by atoms with Gasteiger partial charge in [0.2, 0.25) is 0 Å². The molecule has 2 rings (SSSR count). The number of hydrogen-bond acceptors (Lipinski definition) is 3. The molecule has 0 aromatic heterocycles. The zero-order chi connectivity index (χ0) is 16.9. The normalized spacial score (nSPS) is 23.9. The number of nitrogens with zero attached hydrogens (tertiary/aromatic N) is 1. The molecule has 0 aromatic rings. The maximum atomic E-state index is 12.7. The van der Waals surface area contributed by atoms with Gasteiger partial charge in [0.15, 0.2) is 0 Å². The Bertz CT molecular complexity index is 372. The standard InChI is InChI=1S/C18H34N2O3/c1-14(21)11-18(2,3)13-19-17(22)20(15-7-4-5-8-15)12-16-9-6-10-23-16/h14-16,21H,4-13H2,1-3H3,(H,19,22). The first-order valence-electron chi connectivity index (χ1n) is 9.21. The van der Waals surface area contributed by atoms with E-state index >= 15 is 0 Å². The second-order valence-corrected chi connectivity index (χ2v) is 8.10.